The Labute approximate surface area is 239 Å². The smallest absolute Gasteiger partial charge is 0.257 e. The minimum atomic E-state index is -0.980. The van der Waals surface area contributed by atoms with Crippen LogP contribution in [-0.2, 0) is 16.1 Å². The number of likely N-dealkylation sites (N-methyl/N-ethyl adjacent to an activating group) is 1. The van der Waals surface area contributed by atoms with Crippen LogP contribution < -0.4 is 10.4 Å². The number of carbonyl (C=O) groups excluding carboxylic acids is 1. The van der Waals surface area contributed by atoms with Gasteiger partial charge in [0.15, 0.2) is 0 Å². The highest BCUT2D eigenvalue weighted by Crippen LogP contribution is 2.16. The fourth-order valence-electron chi connectivity index (χ4n) is 5.01. The van der Waals surface area contributed by atoms with Gasteiger partial charge < -0.3 is 24.4 Å². The molecule has 1 aromatic carbocycles. The maximum Gasteiger partial charge on any atom is 0.257 e. The summed E-state index contributed by atoms with van der Waals surface area (Å²) in [7, 11) is 4.27. The van der Waals surface area contributed by atoms with Gasteiger partial charge in [0.2, 0.25) is 0 Å². The monoisotopic (exact) mass is 548 g/mol. The van der Waals surface area contributed by atoms with Gasteiger partial charge in [0, 0.05) is 18.9 Å². The number of nitrogens with zero attached hydrogens (tertiary/aromatic N) is 1. The average molecular weight is 549 g/mol. The molecule has 0 radical (unpaired) electrons. The molecule has 1 aromatic rings. The molecule has 0 fully saturated rings. The van der Waals surface area contributed by atoms with Gasteiger partial charge in [0.1, 0.15) is 12.6 Å². The Hall–Kier alpha value is -1.66. The predicted molar refractivity (Wildman–Crippen MR) is 162 cm³/mol. The fourth-order valence-corrected chi connectivity index (χ4v) is 5.22. The van der Waals surface area contributed by atoms with Gasteiger partial charge >= 0.3 is 0 Å². The first-order chi connectivity index (χ1) is 18.3. The number of ether oxygens (including phenoxy) is 1. The maximum atomic E-state index is 10.8. The Morgan fingerprint density at radius 1 is 0.868 bits per heavy atom. The van der Waals surface area contributed by atoms with Gasteiger partial charge in [-0.1, -0.05) is 121 Å². The largest absolute Gasteiger partial charge is 0.550 e. The van der Waals surface area contributed by atoms with Gasteiger partial charge in [-0.2, -0.15) is 0 Å². The molecular formula is C32H56N2O3S. The van der Waals surface area contributed by atoms with Gasteiger partial charge in [0.05, 0.1) is 20.6 Å². The van der Waals surface area contributed by atoms with Crippen LogP contribution in [-0.4, -0.2) is 48.9 Å². The van der Waals surface area contributed by atoms with Crippen molar-refractivity contribution in [2.45, 2.75) is 129 Å². The number of quaternary nitrogens is 1. The Bertz CT molecular complexity index is 727. The quantitative estimate of drug-likeness (QED) is 0.0863. The highest BCUT2D eigenvalue weighted by Gasteiger charge is 2.24. The van der Waals surface area contributed by atoms with Gasteiger partial charge in [-0.05, 0) is 37.0 Å². The van der Waals surface area contributed by atoms with E-state index in [1.807, 2.05) is 18.2 Å². The van der Waals surface area contributed by atoms with Crippen molar-refractivity contribution in [1.29, 1.82) is 0 Å². The number of carboxylic acids is 1. The summed E-state index contributed by atoms with van der Waals surface area (Å²) in [5, 5.41) is 14.5. The number of unbranched alkanes of at least 4 members (excludes halogenated alkanes) is 13. The number of carboxylic acid groups (broad SMARTS) is 1. The molecule has 1 unspecified atom stereocenters. The summed E-state index contributed by atoms with van der Waals surface area (Å²) in [6, 6.07) is 10.2. The maximum absolute atomic E-state index is 10.8. The van der Waals surface area contributed by atoms with E-state index in [0.29, 0.717) is 22.6 Å². The van der Waals surface area contributed by atoms with E-state index >= 15 is 0 Å². The van der Waals surface area contributed by atoms with Gasteiger partial charge in [-0.3, -0.25) is 0 Å². The third-order valence-corrected chi connectivity index (χ3v) is 7.52. The first kappa shape index (κ1) is 34.4. The minimum Gasteiger partial charge on any atom is -0.550 e. The van der Waals surface area contributed by atoms with Gasteiger partial charge in [-0.25, -0.2) is 0 Å². The molecule has 1 atom stereocenters. The van der Waals surface area contributed by atoms with E-state index in [1.54, 1.807) is 0 Å². The summed E-state index contributed by atoms with van der Waals surface area (Å²) in [6.07, 6.45) is 20.6. The topological polar surface area (TPSA) is 61.4 Å². The van der Waals surface area contributed by atoms with E-state index in [4.69, 9.17) is 17.0 Å². The molecule has 0 spiro atoms. The highest BCUT2D eigenvalue weighted by molar-refractivity contribution is 7.80. The van der Waals surface area contributed by atoms with Crippen LogP contribution in [0.25, 0.3) is 0 Å². The zero-order chi connectivity index (χ0) is 27.9. The van der Waals surface area contributed by atoms with Crippen LogP contribution in [0.2, 0.25) is 0 Å². The van der Waals surface area contributed by atoms with Crippen LogP contribution in [0.15, 0.2) is 30.3 Å². The zero-order valence-electron chi connectivity index (χ0n) is 24.7. The number of benzene rings is 1. The molecule has 0 aromatic heterocycles. The Morgan fingerprint density at radius 2 is 1.39 bits per heavy atom. The highest BCUT2D eigenvalue weighted by atomic mass is 32.1. The molecule has 218 valence electrons. The summed E-state index contributed by atoms with van der Waals surface area (Å²) in [6.45, 7) is 4.50. The molecule has 0 saturated carbocycles. The van der Waals surface area contributed by atoms with Gasteiger partial charge in [0.25, 0.3) is 5.17 Å². The molecule has 0 aliphatic heterocycles. The Morgan fingerprint density at radius 3 is 1.92 bits per heavy atom. The normalized spacial score (nSPS) is 12.3. The first-order valence-electron chi connectivity index (χ1n) is 15.3. The van der Waals surface area contributed by atoms with Crippen molar-refractivity contribution in [1.82, 2.24) is 5.32 Å². The fraction of sp³-hybridized carbons (Fsp3) is 0.750. The van der Waals surface area contributed by atoms with Crippen molar-refractivity contribution in [3.05, 3.63) is 35.9 Å². The number of hydrogen-bond acceptors (Lipinski definition) is 4. The third kappa shape index (κ3) is 20.3. The van der Waals surface area contributed by atoms with E-state index in [2.05, 4.69) is 38.5 Å². The third-order valence-electron chi connectivity index (χ3n) is 7.28. The Kier molecular flexibility index (Phi) is 20.1. The number of thiocarbonyl (C=S) groups is 1. The van der Waals surface area contributed by atoms with Gasteiger partial charge in [-0.15, -0.1) is 0 Å². The summed E-state index contributed by atoms with van der Waals surface area (Å²) >= 11 is 5.52. The van der Waals surface area contributed by atoms with E-state index in [-0.39, 0.29) is 12.5 Å². The first-order valence-corrected chi connectivity index (χ1v) is 15.7. The van der Waals surface area contributed by atoms with Crippen molar-refractivity contribution < 1.29 is 19.1 Å². The number of nitrogens with one attached hydrogen (secondary N) is 1. The molecule has 0 amide bonds. The molecule has 1 rings (SSSR count). The zero-order valence-corrected chi connectivity index (χ0v) is 25.5. The predicted octanol–water partition coefficient (Wildman–Crippen LogP) is 6.92. The molecule has 0 saturated heterocycles. The summed E-state index contributed by atoms with van der Waals surface area (Å²) in [5.74, 6) is -0.980. The Balaban J connectivity index is 2.30. The second-order valence-corrected chi connectivity index (χ2v) is 11.9. The minimum absolute atomic E-state index is 0.0149. The lowest BCUT2D eigenvalue weighted by Gasteiger charge is -2.34. The molecule has 6 heteroatoms. The molecule has 5 nitrogen and oxygen atoms in total. The van der Waals surface area contributed by atoms with Crippen molar-refractivity contribution in [3.8, 4) is 0 Å². The second-order valence-electron chi connectivity index (χ2n) is 11.6. The van der Waals surface area contributed by atoms with E-state index in [1.165, 1.54) is 89.0 Å². The molecular weight excluding hydrogens is 492 g/mol. The van der Waals surface area contributed by atoms with Crippen LogP contribution in [0.1, 0.15) is 122 Å². The molecule has 0 aliphatic rings. The lowest BCUT2D eigenvalue weighted by Crippen LogP contribution is -2.48. The lowest BCUT2D eigenvalue weighted by atomic mass is 10.0. The SMILES string of the molecule is CCCCCCCCCCCCCCCCC(C[N+](C)(C)CCCC(=O)[O-])OC(=S)NCc1ccccc1. The number of carbonyl (C=O) groups is 1. The number of aliphatic carboxylic acids is 1. The molecule has 0 heterocycles. The van der Waals surface area contributed by atoms with Crippen LogP contribution in [0.3, 0.4) is 0 Å². The summed E-state index contributed by atoms with van der Waals surface area (Å²) in [4.78, 5) is 10.8. The van der Waals surface area contributed by atoms with Crippen molar-refractivity contribution in [2.75, 3.05) is 27.2 Å². The van der Waals surface area contributed by atoms with Crippen LogP contribution in [0.5, 0.6) is 0 Å². The van der Waals surface area contributed by atoms with E-state index in [9.17, 15) is 9.90 Å². The molecule has 38 heavy (non-hydrogen) atoms. The summed E-state index contributed by atoms with van der Waals surface area (Å²) < 4.78 is 6.93. The van der Waals surface area contributed by atoms with E-state index < -0.39 is 5.97 Å². The number of hydrogen-bond donors (Lipinski definition) is 1. The van der Waals surface area contributed by atoms with Crippen molar-refractivity contribution in [3.63, 3.8) is 0 Å². The van der Waals surface area contributed by atoms with Crippen molar-refractivity contribution in [2.24, 2.45) is 0 Å². The molecule has 0 aliphatic carbocycles. The van der Waals surface area contributed by atoms with E-state index in [0.717, 1.165) is 25.9 Å². The number of rotatable bonds is 24. The second kappa shape index (κ2) is 22.2. The van der Waals surface area contributed by atoms with Crippen molar-refractivity contribution >= 4 is 23.4 Å². The lowest BCUT2D eigenvalue weighted by molar-refractivity contribution is -0.893. The standard InChI is InChI=1S/C32H56N2O3S/c1-4-5-6-7-8-9-10-11-12-13-14-15-16-20-24-30(28-34(2,3)26-21-25-31(35)36)37-32(38)33-27-29-22-18-17-19-23-29/h17-19,22-23,30H,4-16,20-21,24-28H2,1-3H3,(H-,33,35,36,38). The van der Waals surface area contributed by atoms with Crippen LogP contribution >= 0.6 is 12.2 Å². The van der Waals surface area contributed by atoms with Crippen LogP contribution in [0, 0.1) is 0 Å². The average Bonchev–Trinajstić information content (AvgIpc) is 2.87. The molecule has 0 bridgehead atoms. The molecule has 1 N–H and O–H groups in total. The summed E-state index contributed by atoms with van der Waals surface area (Å²) in [5.41, 5.74) is 1.17. The van der Waals surface area contributed by atoms with Crippen LogP contribution in [0.4, 0.5) is 0 Å².